The molecule has 0 aromatic heterocycles. The Morgan fingerprint density at radius 2 is 1.75 bits per heavy atom. The summed E-state index contributed by atoms with van der Waals surface area (Å²) >= 11 is 4.99. The highest BCUT2D eigenvalue weighted by atomic mass is 32.1. The largest absolute Gasteiger partial charge is 0.143 e. The molecule has 0 nitrogen and oxygen atoms in total. The van der Waals surface area contributed by atoms with Crippen LogP contribution in [-0.2, 0) is 12.8 Å². The summed E-state index contributed by atoms with van der Waals surface area (Å²) in [4.78, 5) is 1.05. The number of fused-ring (bicyclic) bond motifs is 3. The van der Waals surface area contributed by atoms with Gasteiger partial charge in [0.15, 0.2) is 0 Å². The van der Waals surface area contributed by atoms with Crippen molar-refractivity contribution in [1.29, 1.82) is 0 Å². The van der Waals surface area contributed by atoms with E-state index in [0.29, 0.717) is 16.7 Å². The number of thiol groups is 1. The maximum atomic E-state index is 4.99. The molecule has 1 spiro atoms. The minimum absolute atomic E-state index is 0.320. The minimum Gasteiger partial charge on any atom is -0.143 e. The third-order valence-corrected chi connectivity index (χ3v) is 10.00. The van der Waals surface area contributed by atoms with Crippen LogP contribution in [0, 0.1) is 22.7 Å². The zero-order valence-corrected chi connectivity index (χ0v) is 22.2. The fourth-order valence-corrected chi connectivity index (χ4v) is 7.97. The standard InChI is InChI=1S/C35H34S/c1-3-9-28-30-13-6-5-12-29(30)27(4-2)31-18-15-23(20-32(28)31)33(36)14-8-19-34-21-25(34)17-16-24-10-7-11-26-22-35(24,26)34/h5-8,10-20,25-26,36H,3-4,9,21-22H2,1-2H3/b19-8+,33-14-. The molecular formula is C35H34S. The van der Waals surface area contributed by atoms with E-state index in [2.05, 4.69) is 105 Å². The third-order valence-electron chi connectivity index (χ3n) is 9.59. The zero-order valence-electron chi connectivity index (χ0n) is 21.3. The molecule has 2 fully saturated rings. The van der Waals surface area contributed by atoms with Gasteiger partial charge in [-0.15, -0.1) is 12.6 Å². The van der Waals surface area contributed by atoms with E-state index in [1.807, 2.05) is 0 Å². The van der Waals surface area contributed by atoms with Crippen LogP contribution in [0.2, 0.25) is 0 Å². The van der Waals surface area contributed by atoms with Gasteiger partial charge in [0.25, 0.3) is 0 Å². The summed E-state index contributed by atoms with van der Waals surface area (Å²) in [6.07, 6.45) is 24.9. The van der Waals surface area contributed by atoms with Gasteiger partial charge in [0, 0.05) is 15.7 Å². The quantitative estimate of drug-likeness (QED) is 0.200. The summed E-state index contributed by atoms with van der Waals surface area (Å²) in [5.74, 6) is 1.44. The molecule has 4 aliphatic rings. The van der Waals surface area contributed by atoms with Crippen LogP contribution in [0.25, 0.3) is 26.5 Å². The first-order valence-electron chi connectivity index (χ1n) is 13.7. The van der Waals surface area contributed by atoms with Gasteiger partial charge in [-0.25, -0.2) is 0 Å². The van der Waals surface area contributed by atoms with Crippen molar-refractivity contribution in [2.45, 2.75) is 46.0 Å². The van der Waals surface area contributed by atoms with E-state index in [-0.39, 0.29) is 0 Å². The molecule has 0 aliphatic heterocycles. The maximum Gasteiger partial charge on any atom is 0.0119 e. The van der Waals surface area contributed by atoms with E-state index < -0.39 is 0 Å². The van der Waals surface area contributed by atoms with Crippen molar-refractivity contribution in [1.82, 2.24) is 0 Å². The summed E-state index contributed by atoms with van der Waals surface area (Å²) in [5.41, 5.74) is 6.40. The van der Waals surface area contributed by atoms with Crippen molar-refractivity contribution in [2.24, 2.45) is 22.7 Å². The van der Waals surface area contributed by atoms with E-state index >= 15 is 0 Å². The average Bonchev–Trinajstić information content (AvgIpc) is 3.81. The molecule has 0 radical (unpaired) electrons. The number of hydrogen-bond acceptors (Lipinski definition) is 1. The van der Waals surface area contributed by atoms with Gasteiger partial charge in [-0.3, -0.25) is 0 Å². The first kappa shape index (κ1) is 22.4. The lowest BCUT2D eigenvalue weighted by Crippen LogP contribution is -2.25. The van der Waals surface area contributed by atoms with Gasteiger partial charge >= 0.3 is 0 Å². The van der Waals surface area contributed by atoms with Crippen LogP contribution >= 0.6 is 12.6 Å². The lowest BCUT2D eigenvalue weighted by Gasteiger charge is -2.32. The summed E-state index contributed by atoms with van der Waals surface area (Å²) in [6, 6.07) is 16.0. The Morgan fingerprint density at radius 1 is 0.944 bits per heavy atom. The molecule has 4 aliphatic carbocycles. The Labute approximate surface area is 220 Å². The number of rotatable bonds is 6. The van der Waals surface area contributed by atoms with Gasteiger partial charge in [0.1, 0.15) is 0 Å². The number of allylic oxidation sites excluding steroid dienone is 9. The van der Waals surface area contributed by atoms with E-state index in [1.54, 1.807) is 5.57 Å². The highest BCUT2D eigenvalue weighted by Gasteiger charge is 2.75. The second kappa shape index (κ2) is 8.12. The first-order valence-corrected chi connectivity index (χ1v) is 14.2. The minimum atomic E-state index is 0.320. The molecule has 1 heteroatoms. The second-order valence-corrected chi connectivity index (χ2v) is 11.8. The molecule has 180 valence electrons. The van der Waals surface area contributed by atoms with Crippen molar-refractivity contribution < 1.29 is 0 Å². The molecule has 0 amide bonds. The van der Waals surface area contributed by atoms with Gasteiger partial charge in [0.2, 0.25) is 0 Å². The molecule has 0 N–H and O–H groups in total. The smallest absolute Gasteiger partial charge is 0.0119 e. The fourth-order valence-electron chi connectivity index (χ4n) is 7.74. The molecule has 4 unspecified atom stereocenters. The highest BCUT2D eigenvalue weighted by molar-refractivity contribution is 7.90. The average molecular weight is 487 g/mol. The Hall–Kier alpha value is -2.77. The fraction of sp³-hybridized carbons (Fsp3) is 0.314. The molecule has 7 rings (SSSR count). The Balaban J connectivity index is 1.27. The van der Waals surface area contributed by atoms with Crippen molar-refractivity contribution in [3.63, 3.8) is 0 Å². The summed E-state index contributed by atoms with van der Waals surface area (Å²) in [6.45, 7) is 4.56. The molecular weight excluding hydrogens is 452 g/mol. The molecule has 3 aromatic carbocycles. The van der Waals surface area contributed by atoms with Crippen LogP contribution < -0.4 is 0 Å². The van der Waals surface area contributed by atoms with Gasteiger partial charge in [-0.1, -0.05) is 99.2 Å². The summed E-state index contributed by atoms with van der Waals surface area (Å²) in [7, 11) is 0. The van der Waals surface area contributed by atoms with E-state index in [1.165, 1.54) is 51.1 Å². The summed E-state index contributed by atoms with van der Waals surface area (Å²) in [5, 5.41) is 5.63. The lowest BCUT2D eigenvalue weighted by molar-refractivity contribution is 0.368. The third kappa shape index (κ3) is 3.02. The van der Waals surface area contributed by atoms with Crippen LogP contribution in [0.15, 0.2) is 96.6 Å². The van der Waals surface area contributed by atoms with Crippen molar-refractivity contribution in [3.8, 4) is 0 Å². The Bertz CT molecular complexity index is 1560. The van der Waals surface area contributed by atoms with Gasteiger partial charge in [-0.05, 0) is 93.5 Å². The molecule has 36 heavy (non-hydrogen) atoms. The topological polar surface area (TPSA) is 0 Å². The van der Waals surface area contributed by atoms with Crippen LogP contribution in [0.4, 0.5) is 0 Å². The molecule has 0 saturated heterocycles. The van der Waals surface area contributed by atoms with Gasteiger partial charge < -0.3 is 0 Å². The maximum absolute atomic E-state index is 4.99. The van der Waals surface area contributed by atoms with Crippen LogP contribution in [-0.4, -0.2) is 0 Å². The molecule has 0 heterocycles. The molecule has 2 saturated carbocycles. The second-order valence-electron chi connectivity index (χ2n) is 11.3. The van der Waals surface area contributed by atoms with Crippen molar-refractivity contribution >= 4 is 39.1 Å². The first-order chi connectivity index (χ1) is 17.6. The summed E-state index contributed by atoms with van der Waals surface area (Å²) < 4.78 is 0. The van der Waals surface area contributed by atoms with Crippen LogP contribution in [0.3, 0.4) is 0 Å². The monoisotopic (exact) mass is 486 g/mol. The molecule has 4 atom stereocenters. The van der Waals surface area contributed by atoms with E-state index in [4.69, 9.17) is 12.6 Å². The SMILES string of the molecule is CCCc1c2ccccc2c(CC)c2ccc(/C(S)=C/C=C/C34CC3C=CC3=CC=CC5CC354)cc12. The Kier molecular flexibility index (Phi) is 5.06. The van der Waals surface area contributed by atoms with Crippen molar-refractivity contribution in [2.75, 3.05) is 0 Å². The van der Waals surface area contributed by atoms with Crippen LogP contribution in [0.5, 0.6) is 0 Å². The number of aryl methyl sites for hydroxylation is 2. The zero-order chi connectivity index (χ0) is 24.5. The van der Waals surface area contributed by atoms with Gasteiger partial charge in [-0.2, -0.15) is 0 Å². The van der Waals surface area contributed by atoms with E-state index in [0.717, 1.165) is 30.1 Å². The lowest BCUT2D eigenvalue weighted by atomic mass is 9.71. The van der Waals surface area contributed by atoms with Gasteiger partial charge in [0.05, 0.1) is 0 Å². The number of hydrogen-bond donors (Lipinski definition) is 1. The predicted molar refractivity (Wildman–Crippen MR) is 158 cm³/mol. The molecule has 3 aromatic rings. The van der Waals surface area contributed by atoms with E-state index in [9.17, 15) is 0 Å². The predicted octanol–water partition coefficient (Wildman–Crippen LogP) is 9.41. The Morgan fingerprint density at radius 3 is 2.56 bits per heavy atom. The highest BCUT2D eigenvalue weighted by Crippen LogP contribution is 2.82. The molecule has 0 bridgehead atoms. The van der Waals surface area contributed by atoms with Crippen molar-refractivity contribution in [3.05, 3.63) is 113 Å². The van der Waals surface area contributed by atoms with Crippen LogP contribution in [0.1, 0.15) is 49.8 Å². The number of benzene rings is 3. The normalized spacial score (nSPS) is 29.9.